The van der Waals surface area contributed by atoms with Crippen LogP contribution in [0.15, 0.2) is 54.0 Å². The number of carbonyl (C=O) groups is 2. The van der Waals surface area contributed by atoms with Crippen molar-refractivity contribution < 1.29 is 19.3 Å². The van der Waals surface area contributed by atoms with Gasteiger partial charge in [-0.15, -0.1) is 24.2 Å². The summed E-state index contributed by atoms with van der Waals surface area (Å²) in [6.45, 7) is 0.617. The van der Waals surface area contributed by atoms with E-state index >= 15 is 0 Å². The van der Waals surface area contributed by atoms with Crippen LogP contribution in [0.3, 0.4) is 0 Å². The average molecular weight is 354 g/mol. The maximum atomic E-state index is 11.8. The summed E-state index contributed by atoms with van der Waals surface area (Å²) in [5.74, 6) is -1.20. The number of pyridine rings is 1. The van der Waals surface area contributed by atoms with E-state index in [0.29, 0.717) is 17.9 Å². The van der Waals surface area contributed by atoms with Crippen molar-refractivity contribution in [1.82, 2.24) is 4.90 Å². The Kier molecular flexibility index (Phi) is 5.46. The molecule has 1 fully saturated rings. The Balaban J connectivity index is 0.00000192. The molecule has 8 heteroatoms. The van der Waals surface area contributed by atoms with Crippen LogP contribution < -0.4 is 15.4 Å². The van der Waals surface area contributed by atoms with Gasteiger partial charge in [-0.25, -0.2) is 4.57 Å². The minimum atomic E-state index is -1.34. The van der Waals surface area contributed by atoms with Gasteiger partial charge in [0.1, 0.15) is 11.4 Å². The van der Waals surface area contributed by atoms with E-state index in [-0.39, 0.29) is 29.4 Å². The molecule has 0 radical (unpaired) electrons. The van der Waals surface area contributed by atoms with E-state index in [2.05, 4.69) is 0 Å². The molecule has 2 atom stereocenters. The first kappa shape index (κ1) is 17.5. The number of carbonyl (C=O) groups excluding carboxylic acids is 2. The summed E-state index contributed by atoms with van der Waals surface area (Å²) < 4.78 is 1.96. The Labute approximate surface area is 144 Å². The highest BCUT2D eigenvalue weighted by molar-refractivity contribution is 8.00. The number of aromatic nitrogens is 1. The molecule has 3 heterocycles. The average Bonchev–Trinajstić information content (AvgIpc) is 2.54. The van der Waals surface area contributed by atoms with Gasteiger partial charge in [-0.2, -0.15) is 0 Å². The Morgan fingerprint density at radius 1 is 1.43 bits per heavy atom. The molecular weight excluding hydrogens is 338 g/mol. The zero-order valence-corrected chi connectivity index (χ0v) is 13.8. The van der Waals surface area contributed by atoms with Crippen molar-refractivity contribution in [3.63, 3.8) is 0 Å². The summed E-state index contributed by atoms with van der Waals surface area (Å²) in [7, 11) is 0. The molecule has 1 unspecified atom stereocenters. The highest BCUT2D eigenvalue weighted by atomic mass is 35.5. The van der Waals surface area contributed by atoms with Gasteiger partial charge in [-0.05, 0) is 11.6 Å². The van der Waals surface area contributed by atoms with Gasteiger partial charge in [0, 0.05) is 17.9 Å². The number of amides is 1. The highest BCUT2D eigenvalue weighted by Gasteiger charge is 2.49. The third-order valence-corrected chi connectivity index (χ3v) is 4.97. The number of rotatable bonds is 4. The summed E-state index contributed by atoms with van der Waals surface area (Å²) in [5.41, 5.74) is 6.22. The molecule has 0 saturated carbocycles. The molecule has 0 bridgehead atoms. The normalized spacial score (nSPS) is 23.3. The number of thioether (sulfide) groups is 1. The molecule has 0 spiro atoms. The van der Waals surface area contributed by atoms with Crippen LogP contribution in [0.4, 0.5) is 0 Å². The van der Waals surface area contributed by atoms with Crippen LogP contribution in [0.1, 0.15) is 0 Å². The molecule has 2 aliphatic rings. The monoisotopic (exact) mass is 353 g/mol. The molecule has 1 aromatic heterocycles. The number of halogens is 1. The molecule has 0 aliphatic carbocycles. The molecular formula is C15H16ClN3O3S. The van der Waals surface area contributed by atoms with Crippen molar-refractivity contribution >= 4 is 36.0 Å². The summed E-state index contributed by atoms with van der Waals surface area (Å²) in [5, 5.41) is 11.1. The smallest absolute Gasteiger partial charge is 0.248 e. The number of hydrogen-bond acceptors (Lipinski definition) is 5. The Hall–Kier alpha value is -1.83. The number of allylic oxidation sites excluding steroid dienone is 2. The van der Waals surface area contributed by atoms with Crippen LogP contribution in [-0.4, -0.2) is 33.9 Å². The molecule has 2 aliphatic heterocycles. The van der Waals surface area contributed by atoms with Crippen molar-refractivity contribution in [2.75, 3.05) is 5.75 Å². The second-order valence-corrected chi connectivity index (χ2v) is 6.18. The highest BCUT2D eigenvalue weighted by Crippen LogP contribution is 2.39. The molecule has 23 heavy (non-hydrogen) atoms. The maximum Gasteiger partial charge on any atom is 0.248 e. The van der Waals surface area contributed by atoms with Gasteiger partial charge in [-0.3, -0.25) is 9.69 Å². The number of nitrogens with two attached hydrogens (primary N) is 1. The van der Waals surface area contributed by atoms with Gasteiger partial charge in [0.2, 0.25) is 5.91 Å². The lowest BCUT2D eigenvalue weighted by molar-refractivity contribution is -0.687. The predicted molar refractivity (Wildman–Crippen MR) is 86.1 cm³/mol. The van der Waals surface area contributed by atoms with Gasteiger partial charge in [0.25, 0.3) is 0 Å². The summed E-state index contributed by atoms with van der Waals surface area (Å²) in [6, 6.07) is 5.14. The van der Waals surface area contributed by atoms with Gasteiger partial charge < -0.3 is 15.6 Å². The van der Waals surface area contributed by atoms with Crippen LogP contribution in [0.2, 0.25) is 0 Å². The van der Waals surface area contributed by atoms with E-state index in [1.807, 2.05) is 41.2 Å². The van der Waals surface area contributed by atoms with E-state index in [9.17, 15) is 14.7 Å². The number of nitrogens with zero attached hydrogens (tertiary/aromatic N) is 2. The van der Waals surface area contributed by atoms with Crippen molar-refractivity contribution in [3.05, 3.63) is 54.0 Å². The van der Waals surface area contributed by atoms with Crippen LogP contribution in [0.5, 0.6) is 0 Å². The Morgan fingerprint density at radius 2 is 2.13 bits per heavy atom. The van der Waals surface area contributed by atoms with Gasteiger partial charge in [0.15, 0.2) is 18.9 Å². The van der Waals surface area contributed by atoms with Crippen molar-refractivity contribution in [2.45, 2.75) is 18.0 Å². The predicted octanol–water partition coefficient (Wildman–Crippen LogP) is -0.801. The lowest BCUT2D eigenvalue weighted by Gasteiger charge is -2.49. The lowest BCUT2D eigenvalue weighted by Crippen LogP contribution is -2.69. The molecule has 122 valence electrons. The molecule has 3 rings (SSSR count). The molecule has 2 N–H and O–H groups in total. The fourth-order valence-electron chi connectivity index (χ4n) is 2.53. The standard InChI is InChI=1S/C15H15N3O3S.ClH/c16-11-13(19)18-12(15(20)21)10(9-22-14(11)18)5-4-8-17-6-2-1-3-7-17;/h1-7,11,14H,8-9,16H2;1H/t11?,14-;/m0./s1. The third-order valence-electron chi connectivity index (χ3n) is 3.64. The first-order valence-electron chi connectivity index (χ1n) is 6.85. The van der Waals surface area contributed by atoms with Crippen molar-refractivity contribution in [2.24, 2.45) is 5.73 Å². The Bertz CT molecular complexity index is 678. The number of aliphatic carboxylic acids is 1. The number of carboxylic acids is 1. The van der Waals surface area contributed by atoms with Gasteiger partial charge in [0.05, 0.1) is 11.7 Å². The Morgan fingerprint density at radius 3 is 2.78 bits per heavy atom. The topological polar surface area (TPSA) is 90.3 Å². The van der Waals surface area contributed by atoms with Crippen LogP contribution in [0, 0.1) is 0 Å². The van der Waals surface area contributed by atoms with E-state index < -0.39 is 12.0 Å². The van der Waals surface area contributed by atoms with E-state index in [1.165, 1.54) is 16.7 Å². The minimum Gasteiger partial charge on any atom is -0.543 e. The quantitative estimate of drug-likeness (QED) is 0.565. The molecule has 6 nitrogen and oxygen atoms in total. The van der Waals surface area contributed by atoms with Crippen LogP contribution in [-0.2, 0) is 16.1 Å². The molecule has 0 aromatic carbocycles. The summed E-state index contributed by atoms with van der Waals surface area (Å²) in [4.78, 5) is 24.4. The fraction of sp³-hybridized carbons (Fsp3) is 0.267. The van der Waals surface area contributed by atoms with E-state index in [0.717, 1.165) is 0 Å². The van der Waals surface area contributed by atoms with Crippen LogP contribution >= 0.6 is 24.2 Å². The first-order valence-corrected chi connectivity index (χ1v) is 7.90. The summed E-state index contributed by atoms with van der Waals surface area (Å²) in [6.07, 6.45) is 7.44. The van der Waals surface area contributed by atoms with E-state index in [4.69, 9.17) is 5.73 Å². The molecule has 1 amide bonds. The number of fused-ring (bicyclic) bond motifs is 1. The molecule has 1 saturated heterocycles. The van der Waals surface area contributed by atoms with Gasteiger partial charge in [-0.1, -0.05) is 12.1 Å². The van der Waals surface area contributed by atoms with E-state index in [1.54, 1.807) is 6.08 Å². The zero-order chi connectivity index (χ0) is 15.7. The van der Waals surface area contributed by atoms with Gasteiger partial charge >= 0.3 is 0 Å². The fourth-order valence-corrected chi connectivity index (χ4v) is 3.79. The zero-order valence-electron chi connectivity index (χ0n) is 12.1. The van der Waals surface area contributed by atoms with Crippen molar-refractivity contribution in [3.8, 4) is 0 Å². The number of β-lactam (4-membered cyclic amide) rings is 1. The van der Waals surface area contributed by atoms with Crippen molar-refractivity contribution in [1.29, 1.82) is 0 Å². The lowest BCUT2D eigenvalue weighted by atomic mass is 10.0. The molecule has 1 aromatic rings. The SMILES string of the molecule is Cl.NC1C(=O)N2C(C(=O)[O-])=C(C=CC[n+]3ccccc3)CS[C@@H]12. The number of carboxylic acid groups (broad SMARTS) is 1. The summed E-state index contributed by atoms with van der Waals surface area (Å²) >= 11 is 1.47. The largest absolute Gasteiger partial charge is 0.543 e. The third kappa shape index (κ3) is 3.26. The minimum absolute atomic E-state index is 0. The second-order valence-electron chi connectivity index (χ2n) is 5.07. The first-order chi connectivity index (χ1) is 10.6. The maximum absolute atomic E-state index is 11.8. The number of hydrogen-bond donors (Lipinski definition) is 1. The second kappa shape index (κ2) is 7.16. The van der Waals surface area contributed by atoms with Crippen LogP contribution in [0.25, 0.3) is 0 Å².